The number of hydrogen-bond donors (Lipinski definition) is 0. The van der Waals surface area contributed by atoms with Gasteiger partial charge in [-0.05, 0) is 10.8 Å². The fraction of sp³-hybridized carbons (Fsp3) is 0.500. The van der Waals surface area contributed by atoms with E-state index >= 15 is 0 Å². The lowest BCUT2D eigenvalue weighted by Crippen LogP contribution is -1.79. The molecule has 0 N–H and O–H groups in total. The van der Waals surface area contributed by atoms with Gasteiger partial charge in [-0.3, -0.25) is 0 Å². The highest BCUT2D eigenvalue weighted by molar-refractivity contribution is 8.77. The Balaban J connectivity index is 2.77. The Morgan fingerprint density at radius 2 is 2.25 bits per heavy atom. The molecule has 0 fully saturated rings. The molecule has 0 aromatic carbocycles. The Bertz CT molecular complexity index is 288. The van der Waals surface area contributed by atoms with Gasteiger partial charge in [-0.25, -0.2) is 0 Å². The van der Waals surface area contributed by atoms with Crippen LogP contribution < -0.4 is 4.74 Å². The third kappa shape index (κ3) is 2.63. The molecule has 0 spiro atoms. The summed E-state index contributed by atoms with van der Waals surface area (Å²) in [5, 5.41) is 0. The quantitative estimate of drug-likeness (QED) is 0.586. The molecule has 0 aliphatic rings. The smallest absolute Gasteiger partial charge is 0.173 e. The molecule has 1 rings (SSSR count). The van der Waals surface area contributed by atoms with Crippen LogP contribution in [0, 0.1) is 3.82 Å². The predicted octanol–water partition coefficient (Wildman–Crippen LogP) is 4.31. The third-order valence-electron chi connectivity index (χ3n) is 1.02. The molecule has 0 bridgehead atoms. The molecule has 1 aromatic heterocycles. The van der Waals surface area contributed by atoms with Crippen molar-refractivity contribution in [1.82, 2.24) is 0 Å². The van der Waals surface area contributed by atoms with Crippen molar-refractivity contribution < 1.29 is 4.74 Å². The lowest BCUT2D eigenvalue weighted by atomic mass is 10.7. The van der Waals surface area contributed by atoms with Crippen molar-refractivity contribution in [3.8, 4) is 5.75 Å². The van der Waals surface area contributed by atoms with Crippen LogP contribution in [0.2, 0.25) is 0 Å². The first-order chi connectivity index (χ1) is 5.79. The summed E-state index contributed by atoms with van der Waals surface area (Å²) in [5.41, 5.74) is 0. The maximum Gasteiger partial charge on any atom is 0.173 e. The molecule has 0 amide bonds. The zero-order valence-corrected chi connectivity index (χ0v) is 10.7. The average Bonchev–Trinajstić information content (AvgIpc) is 2.43. The van der Waals surface area contributed by atoms with Gasteiger partial charge in [-0.1, -0.05) is 50.6 Å². The monoisotopic (exact) mass is 256 g/mol. The van der Waals surface area contributed by atoms with Gasteiger partial charge < -0.3 is 4.74 Å². The van der Waals surface area contributed by atoms with Crippen LogP contribution in [0.4, 0.5) is 0 Å². The van der Waals surface area contributed by atoms with Crippen LogP contribution in [0.1, 0.15) is 6.92 Å². The highest BCUT2D eigenvalue weighted by Gasteiger charge is 2.08. The molecule has 0 saturated carbocycles. The Kier molecular flexibility index (Phi) is 4.96. The van der Waals surface area contributed by atoms with E-state index in [0.29, 0.717) is 0 Å². The molecule has 0 unspecified atom stereocenters. The maximum absolute atomic E-state index is 5.20. The van der Waals surface area contributed by atoms with E-state index in [1.807, 2.05) is 10.8 Å². The molecule has 1 nitrogen and oxygen atoms in total. The minimum Gasteiger partial charge on any atom is -0.492 e. The van der Waals surface area contributed by atoms with E-state index in [2.05, 4.69) is 6.92 Å². The van der Waals surface area contributed by atoms with Gasteiger partial charge in [-0.2, -0.15) is 0 Å². The molecular weight excluding hydrogens is 248 g/mol. The van der Waals surface area contributed by atoms with E-state index in [4.69, 9.17) is 17.0 Å². The van der Waals surface area contributed by atoms with Gasteiger partial charge in [0.1, 0.15) is 8.03 Å². The summed E-state index contributed by atoms with van der Waals surface area (Å²) in [4.78, 5) is 0. The zero-order chi connectivity index (χ0) is 8.97. The van der Waals surface area contributed by atoms with Crippen molar-refractivity contribution in [2.24, 2.45) is 0 Å². The van der Waals surface area contributed by atoms with E-state index in [1.165, 1.54) is 4.21 Å². The standard InChI is InChI=1S/C6H8OS5/c1-3-9-11-6-4(7-2)5(8)10-12-6/h3H2,1-2H3. The molecule has 0 radical (unpaired) electrons. The fourth-order valence-corrected chi connectivity index (χ4v) is 6.14. The summed E-state index contributed by atoms with van der Waals surface area (Å²) >= 11 is 5.10. The third-order valence-corrected chi connectivity index (χ3v) is 7.16. The predicted molar refractivity (Wildman–Crippen MR) is 63.6 cm³/mol. The Hall–Kier alpha value is 0.770. The second-order valence-corrected chi connectivity index (χ2v) is 7.43. The number of ether oxygens (including phenoxy) is 1. The minimum atomic E-state index is 0.863. The van der Waals surface area contributed by atoms with Crippen molar-refractivity contribution >= 4 is 54.5 Å². The first-order valence-electron chi connectivity index (χ1n) is 3.26. The largest absolute Gasteiger partial charge is 0.492 e. The summed E-state index contributed by atoms with van der Waals surface area (Å²) in [6.07, 6.45) is 0. The molecule has 0 atom stereocenters. The first-order valence-corrected chi connectivity index (χ1v) is 8.13. The van der Waals surface area contributed by atoms with Crippen molar-refractivity contribution in [2.45, 2.75) is 11.1 Å². The van der Waals surface area contributed by atoms with Gasteiger partial charge in [0, 0.05) is 5.75 Å². The minimum absolute atomic E-state index is 0.863. The second-order valence-electron chi connectivity index (χ2n) is 1.76. The number of rotatable bonds is 4. The van der Waals surface area contributed by atoms with Crippen molar-refractivity contribution in [2.75, 3.05) is 12.9 Å². The van der Waals surface area contributed by atoms with Crippen LogP contribution in [-0.4, -0.2) is 12.9 Å². The van der Waals surface area contributed by atoms with E-state index in [-0.39, 0.29) is 0 Å². The number of hydrogen-bond acceptors (Lipinski definition) is 6. The SMILES string of the molecule is CCSSc1ssc(=S)c1OC. The molecule has 0 aliphatic carbocycles. The van der Waals surface area contributed by atoms with Gasteiger partial charge in [0.15, 0.2) is 5.75 Å². The van der Waals surface area contributed by atoms with Crippen LogP contribution in [0.25, 0.3) is 0 Å². The normalized spacial score (nSPS) is 10.2. The maximum atomic E-state index is 5.20. The Morgan fingerprint density at radius 3 is 2.83 bits per heavy atom. The molecule has 1 heterocycles. The van der Waals surface area contributed by atoms with Crippen LogP contribution >= 0.6 is 54.5 Å². The lowest BCUT2D eigenvalue weighted by Gasteiger charge is -1.98. The Morgan fingerprint density at radius 1 is 1.50 bits per heavy atom. The molecule has 1 aromatic rings. The molecule has 0 aliphatic heterocycles. The summed E-state index contributed by atoms with van der Waals surface area (Å²) in [6.45, 7) is 2.13. The molecule has 6 heteroatoms. The van der Waals surface area contributed by atoms with Crippen LogP contribution in [-0.2, 0) is 0 Å². The molecule has 0 saturated heterocycles. The van der Waals surface area contributed by atoms with E-state index < -0.39 is 0 Å². The van der Waals surface area contributed by atoms with Gasteiger partial charge >= 0.3 is 0 Å². The van der Waals surface area contributed by atoms with E-state index in [1.54, 1.807) is 38.6 Å². The number of methoxy groups -OCH3 is 1. The molecular formula is C6H8OS5. The topological polar surface area (TPSA) is 9.23 Å². The van der Waals surface area contributed by atoms with Crippen molar-refractivity contribution in [1.29, 1.82) is 0 Å². The van der Waals surface area contributed by atoms with Gasteiger partial charge in [0.25, 0.3) is 0 Å². The highest BCUT2D eigenvalue weighted by Crippen LogP contribution is 2.44. The van der Waals surface area contributed by atoms with Crippen LogP contribution in [0.5, 0.6) is 5.75 Å². The van der Waals surface area contributed by atoms with E-state index in [0.717, 1.165) is 15.3 Å². The van der Waals surface area contributed by atoms with Crippen LogP contribution in [0.15, 0.2) is 4.21 Å². The second kappa shape index (κ2) is 5.49. The molecule has 12 heavy (non-hydrogen) atoms. The van der Waals surface area contributed by atoms with Crippen LogP contribution in [0.3, 0.4) is 0 Å². The summed E-state index contributed by atoms with van der Waals surface area (Å²) in [5.74, 6) is 1.98. The van der Waals surface area contributed by atoms with E-state index in [9.17, 15) is 0 Å². The highest BCUT2D eigenvalue weighted by atomic mass is 33.1. The Labute approximate surface area is 92.3 Å². The average molecular weight is 256 g/mol. The summed E-state index contributed by atoms with van der Waals surface area (Å²) < 4.78 is 7.25. The van der Waals surface area contributed by atoms with Gasteiger partial charge in [0.2, 0.25) is 0 Å². The lowest BCUT2D eigenvalue weighted by molar-refractivity contribution is 0.407. The first kappa shape index (κ1) is 10.8. The fourth-order valence-electron chi connectivity index (χ4n) is 0.566. The van der Waals surface area contributed by atoms with Crippen molar-refractivity contribution in [3.63, 3.8) is 0 Å². The van der Waals surface area contributed by atoms with Crippen molar-refractivity contribution in [3.05, 3.63) is 3.82 Å². The summed E-state index contributed by atoms with van der Waals surface area (Å²) in [6, 6.07) is 0. The molecule has 68 valence electrons. The van der Waals surface area contributed by atoms with Gasteiger partial charge in [0.05, 0.1) is 7.11 Å². The zero-order valence-electron chi connectivity index (χ0n) is 6.66. The van der Waals surface area contributed by atoms with Gasteiger partial charge in [-0.15, -0.1) is 0 Å². The summed E-state index contributed by atoms with van der Waals surface area (Å²) in [7, 11) is 8.53.